The molecule has 0 saturated carbocycles. The largest absolute Gasteiger partial charge is 0.541 e. The van der Waals surface area contributed by atoms with Gasteiger partial charge in [-0.3, -0.25) is 4.79 Å². The number of carbonyl (C=O) groups excluding carboxylic acids is 1. The monoisotopic (exact) mass is 453 g/mol. The lowest BCUT2D eigenvalue weighted by molar-refractivity contribution is -0.151. The summed E-state index contributed by atoms with van der Waals surface area (Å²) in [4.78, 5) is 25.7. The number of aryl methyl sites for hydroxylation is 1. The highest BCUT2D eigenvalue weighted by atomic mass is 31.1. The van der Waals surface area contributed by atoms with Gasteiger partial charge >= 0.3 is 14.0 Å². The second kappa shape index (κ2) is 13.5. The van der Waals surface area contributed by atoms with Crippen LogP contribution in [0.1, 0.15) is 56.9 Å². The van der Waals surface area contributed by atoms with Gasteiger partial charge in [-0.2, -0.15) is 0 Å². The number of amides is 1. The lowest BCUT2D eigenvalue weighted by Crippen LogP contribution is -2.46. The highest BCUT2D eigenvalue weighted by molar-refractivity contribution is 7.39. The molecule has 1 amide bonds. The number of nitrogens with two attached hydrogens (primary N) is 1. The van der Waals surface area contributed by atoms with Crippen molar-refractivity contribution >= 4 is 19.9 Å². The van der Waals surface area contributed by atoms with E-state index in [-0.39, 0.29) is 0 Å². The Labute approximate surface area is 184 Å². The van der Waals surface area contributed by atoms with E-state index in [1.807, 2.05) is 30.3 Å². The van der Waals surface area contributed by atoms with Gasteiger partial charge in [0.05, 0.1) is 0 Å². The van der Waals surface area contributed by atoms with E-state index in [2.05, 4.69) is 0 Å². The first-order chi connectivity index (χ1) is 14.9. The van der Waals surface area contributed by atoms with Crippen LogP contribution in [-0.2, 0) is 25.1 Å². The van der Waals surface area contributed by atoms with Crippen LogP contribution in [0, 0.1) is 0 Å². The number of nitrogens with zero attached hydrogens (tertiary/aromatic N) is 1. The van der Waals surface area contributed by atoms with Gasteiger partial charge in [-0.25, -0.2) is 4.79 Å². The van der Waals surface area contributed by atoms with E-state index in [9.17, 15) is 24.4 Å². The number of benzene rings is 1. The number of hydrogen-bond acceptors (Lipinski definition) is 6. The van der Waals surface area contributed by atoms with Gasteiger partial charge in [0.25, 0.3) is 11.8 Å². The van der Waals surface area contributed by atoms with Crippen LogP contribution in [0.5, 0.6) is 0 Å². The van der Waals surface area contributed by atoms with E-state index < -0.39 is 37.9 Å². The molecule has 1 fully saturated rings. The van der Waals surface area contributed by atoms with E-state index in [0.29, 0.717) is 58.0 Å². The minimum Gasteiger partial charge on any atom is -0.480 e. The fourth-order valence-corrected chi connectivity index (χ4v) is 4.75. The number of aliphatic carboxylic acids is 1. The minimum absolute atomic E-state index is 0.292. The molecule has 1 aliphatic heterocycles. The number of hydrogen-bond donors (Lipinski definition) is 3. The summed E-state index contributed by atoms with van der Waals surface area (Å²) in [6, 6.07) is 9.12. The van der Waals surface area contributed by atoms with Crippen molar-refractivity contribution in [3.8, 4) is 0 Å². The Kier molecular flexibility index (Phi) is 11.1. The summed E-state index contributed by atoms with van der Waals surface area (Å²) in [5.41, 5.74) is 6.73. The first-order valence-corrected chi connectivity index (χ1v) is 12.3. The quantitative estimate of drug-likeness (QED) is 0.291. The van der Waals surface area contributed by atoms with Gasteiger partial charge in [0.15, 0.2) is 6.10 Å². The predicted molar refractivity (Wildman–Crippen MR) is 118 cm³/mol. The minimum atomic E-state index is -2.47. The summed E-state index contributed by atoms with van der Waals surface area (Å²) in [5, 5.41) is 19.6. The highest BCUT2D eigenvalue weighted by Gasteiger charge is 2.42. The molecule has 1 aliphatic rings. The summed E-state index contributed by atoms with van der Waals surface area (Å²) in [7, 11) is -2.47. The number of aliphatic hydroxyl groups excluding tert-OH is 1. The Hall–Kier alpha value is -1.86. The van der Waals surface area contributed by atoms with Crippen LogP contribution in [0.4, 0.5) is 0 Å². The molecule has 31 heavy (non-hydrogen) atoms. The Morgan fingerprint density at radius 1 is 1.16 bits per heavy atom. The van der Waals surface area contributed by atoms with Crippen LogP contribution in [0.25, 0.3) is 0 Å². The van der Waals surface area contributed by atoms with Crippen LogP contribution in [0.2, 0.25) is 0 Å². The Morgan fingerprint density at radius 2 is 1.87 bits per heavy atom. The maximum Gasteiger partial charge on any atom is 0.541 e. The molecule has 9 heteroatoms. The zero-order valence-electron chi connectivity index (χ0n) is 17.9. The Bertz CT molecular complexity index is 717. The van der Waals surface area contributed by atoms with Crippen molar-refractivity contribution < 1.29 is 28.9 Å². The second-order valence-electron chi connectivity index (χ2n) is 7.90. The van der Waals surface area contributed by atoms with Gasteiger partial charge in [-0.15, -0.1) is 4.52 Å². The van der Waals surface area contributed by atoms with E-state index in [0.717, 1.165) is 12.8 Å². The number of carboxylic acids is 1. The van der Waals surface area contributed by atoms with Crippen molar-refractivity contribution in [1.29, 1.82) is 0 Å². The number of likely N-dealkylation sites (tertiary alicyclic amines) is 1. The summed E-state index contributed by atoms with van der Waals surface area (Å²) < 4.78 is 18.1. The molecule has 0 aliphatic carbocycles. The molecule has 0 spiro atoms. The second-order valence-corrected chi connectivity index (χ2v) is 9.28. The standard InChI is InChI=1S/C22H33N2O6P/c23-15-7-6-13-19(21(26)24-16-8-12-18(24)22(27)28)30-31(29)20(25)14-5-4-11-17-9-2-1-3-10-17/h1-3,9-10,18-20,25H,4-8,11-16,23H2/p+1/t18-,19?,20-/m0/s1. The average molecular weight is 453 g/mol. The number of aliphatic hydroxyl groups is 1. The molecule has 2 unspecified atom stereocenters. The fourth-order valence-electron chi connectivity index (χ4n) is 3.77. The maximum atomic E-state index is 12.9. The lowest BCUT2D eigenvalue weighted by atomic mass is 10.1. The van der Waals surface area contributed by atoms with Crippen LogP contribution >= 0.6 is 8.03 Å². The zero-order valence-corrected chi connectivity index (χ0v) is 18.8. The molecule has 4 atom stereocenters. The number of carboxylic acid groups (broad SMARTS) is 1. The van der Waals surface area contributed by atoms with Gasteiger partial charge in [-0.1, -0.05) is 30.3 Å². The molecule has 1 aromatic rings. The molecule has 1 saturated heterocycles. The van der Waals surface area contributed by atoms with Gasteiger partial charge in [0.2, 0.25) is 0 Å². The van der Waals surface area contributed by atoms with Crippen LogP contribution < -0.4 is 5.73 Å². The molecule has 0 radical (unpaired) electrons. The summed E-state index contributed by atoms with van der Waals surface area (Å²) in [5.74, 6) is -2.68. The SMILES string of the molecule is NCCCCC(O[P+](=O)[C@H](O)CCCCc1ccccc1)C(=O)N1CCC[C@H]1C(=O)O. The van der Waals surface area contributed by atoms with Crippen molar-refractivity contribution in [3.63, 3.8) is 0 Å². The summed E-state index contributed by atoms with van der Waals surface area (Å²) in [6.07, 6.45) is 4.24. The number of rotatable bonds is 14. The molecule has 172 valence electrons. The van der Waals surface area contributed by atoms with Crippen LogP contribution in [-0.4, -0.2) is 58.1 Å². The van der Waals surface area contributed by atoms with Crippen molar-refractivity contribution in [2.75, 3.05) is 13.1 Å². The van der Waals surface area contributed by atoms with Crippen molar-refractivity contribution in [2.45, 2.75) is 75.8 Å². The molecule has 1 heterocycles. The number of unbranched alkanes of at least 4 members (excludes halogenated alkanes) is 2. The average Bonchev–Trinajstić information content (AvgIpc) is 3.26. The molecule has 0 bridgehead atoms. The van der Waals surface area contributed by atoms with Gasteiger partial charge in [0.1, 0.15) is 6.04 Å². The topological polar surface area (TPSA) is 130 Å². The third kappa shape index (κ3) is 8.30. The molecule has 0 aromatic heterocycles. The molecule has 2 rings (SSSR count). The number of carbonyl (C=O) groups is 2. The van der Waals surface area contributed by atoms with E-state index in [1.165, 1.54) is 10.5 Å². The van der Waals surface area contributed by atoms with E-state index >= 15 is 0 Å². The molecule has 8 nitrogen and oxygen atoms in total. The third-order valence-electron chi connectivity index (χ3n) is 5.51. The van der Waals surface area contributed by atoms with E-state index in [4.69, 9.17) is 10.3 Å². The molecular formula is C22H34N2O6P+. The predicted octanol–water partition coefficient (Wildman–Crippen LogP) is 3.05. The first-order valence-electron chi connectivity index (χ1n) is 11.0. The van der Waals surface area contributed by atoms with Crippen molar-refractivity contribution in [2.24, 2.45) is 5.73 Å². The Balaban J connectivity index is 1.87. The van der Waals surface area contributed by atoms with Crippen molar-refractivity contribution in [3.05, 3.63) is 35.9 Å². The lowest BCUT2D eigenvalue weighted by Gasteiger charge is -2.24. The molecular weight excluding hydrogens is 419 g/mol. The maximum absolute atomic E-state index is 12.9. The van der Waals surface area contributed by atoms with Gasteiger partial charge in [-0.05, 0) is 68.0 Å². The highest BCUT2D eigenvalue weighted by Crippen LogP contribution is 2.35. The first kappa shape index (κ1) is 25.4. The summed E-state index contributed by atoms with van der Waals surface area (Å²) in [6.45, 7) is 0.796. The Morgan fingerprint density at radius 3 is 2.55 bits per heavy atom. The van der Waals surface area contributed by atoms with Crippen LogP contribution in [0.3, 0.4) is 0 Å². The smallest absolute Gasteiger partial charge is 0.480 e. The van der Waals surface area contributed by atoms with E-state index in [1.54, 1.807) is 0 Å². The summed E-state index contributed by atoms with van der Waals surface area (Å²) >= 11 is 0. The molecule has 1 aromatic carbocycles. The normalized spacial score (nSPS) is 18.6. The van der Waals surface area contributed by atoms with Gasteiger partial charge < -0.3 is 20.8 Å². The van der Waals surface area contributed by atoms with Gasteiger partial charge in [0, 0.05) is 13.0 Å². The molecule has 4 N–H and O–H groups in total. The zero-order chi connectivity index (χ0) is 22.6. The van der Waals surface area contributed by atoms with Crippen LogP contribution in [0.15, 0.2) is 30.3 Å². The third-order valence-corrected chi connectivity index (χ3v) is 6.72. The van der Waals surface area contributed by atoms with Crippen molar-refractivity contribution in [1.82, 2.24) is 4.90 Å². The fraction of sp³-hybridized carbons (Fsp3) is 0.636.